The molecule has 0 amide bonds. The van der Waals surface area contributed by atoms with Gasteiger partial charge in [-0.3, -0.25) is 0 Å². The minimum Gasteiger partial charge on any atom is -0.458 e. The Hall–Kier alpha value is -0.830. The summed E-state index contributed by atoms with van der Waals surface area (Å²) in [5.74, 6) is -0.279. The van der Waals surface area contributed by atoms with Crippen LogP contribution in [-0.4, -0.2) is 25.3 Å². The van der Waals surface area contributed by atoms with E-state index in [0.717, 1.165) is 19.3 Å². The fourth-order valence-electron chi connectivity index (χ4n) is 1.96. The van der Waals surface area contributed by atoms with Crippen LogP contribution in [0.25, 0.3) is 0 Å². The van der Waals surface area contributed by atoms with Crippen molar-refractivity contribution >= 4 is 5.97 Å². The zero-order valence-corrected chi connectivity index (χ0v) is 10.5. The van der Waals surface area contributed by atoms with Gasteiger partial charge in [0.2, 0.25) is 0 Å². The molecule has 1 unspecified atom stereocenters. The highest BCUT2D eigenvalue weighted by molar-refractivity contribution is 5.87. The van der Waals surface area contributed by atoms with E-state index in [1.54, 1.807) is 6.92 Å². The quantitative estimate of drug-likeness (QED) is 0.516. The van der Waals surface area contributed by atoms with Crippen LogP contribution in [0, 0.1) is 5.41 Å². The van der Waals surface area contributed by atoms with Gasteiger partial charge < -0.3 is 9.47 Å². The molecule has 0 aromatic heterocycles. The van der Waals surface area contributed by atoms with E-state index in [1.165, 1.54) is 0 Å². The lowest BCUT2D eigenvalue weighted by Gasteiger charge is -2.46. The second-order valence-electron chi connectivity index (χ2n) is 4.67. The van der Waals surface area contributed by atoms with Crippen molar-refractivity contribution in [3.63, 3.8) is 0 Å². The van der Waals surface area contributed by atoms with Gasteiger partial charge in [0.25, 0.3) is 0 Å². The van der Waals surface area contributed by atoms with E-state index in [-0.39, 0.29) is 17.5 Å². The monoisotopic (exact) mass is 226 g/mol. The molecule has 92 valence electrons. The van der Waals surface area contributed by atoms with Gasteiger partial charge in [-0.2, -0.15) is 0 Å². The van der Waals surface area contributed by atoms with Gasteiger partial charge in [-0.05, 0) is 19.8 Å². The molecular formula is C13H22O3. The fraction of sp³-hybridized carbons (Fsp3) is 0.769. The molecule has 0 aromatic rings. The molecule has 0 radical (unpaired) electrons. The molecule has 1 saturated heterocycles. The normalized spacial score (nSPS) is 19.7. The number of esters is 1. The van der Waals surface area contributed by atoms with Gasteiger partial charge in [0.15, 0.2) is 0 Å². The lowest BCUT2D eigenvalue weighted by Crippen LogP contribution is -2.52. The van der Waals surface area contributed by atoms with Gasteiger partial charge in [-0.25, -0.2) is 4.79 Å². The minimum atomic E-state index is -0.279. The summed E-state index contributed by atoms with van der Waals surface area (Å²) >= 11 is 0. The third kappa shape index (κ3) is 2.64. The summed E-state index contributed by atoms with van der Waals surface area (Å²) in [5, 5.41) is 0. The van der Waals surface area contributed by atoms with Gasteiger partial charge in [-0.1, -0.05) is 26.8 Å². The van der Waals surface area contributed by atoms with Gasteiger partial charge in [0.1, 0.15) is 6.10 Å². The molecule has 1 atom stereocenters. The van der Waals surface area contributed by atoms with Crippen LogP contribution in [0.1, 0.15) is 40.0 Å². The first kappa shape index (κ1) is 13.2. The van der Waals surface area contributed by atoms with Crippen molar-refractivity contribution in [2.24, 2.45) is 5.41 Å². The first-order valence-corrected chi connectivity index (χ1v) is 6.00. The molecule has 16 heavy (non-hydrogen) atoms. The molecule has 1 aliphatic heterocycles. The third-order valence-electron chi connectivity index (χ3n) is 3.31. The Kier molecular flexibility index (Phi) is 4.54. The fourth-order valence-corrected chi connectivity index (χ4v) is 1.96. The van der Waals surface area contributed by atoms with Crippen LogP contribution in [0.15, 0.2) is 12.2 Å². The number of ether oxygens (including phenoxy) is 2. The second-order valence-corrected chi connectivity index (χ2v) is 4.67. The van der Waals surface area contributed by atoms with Crippen LogP contribution in [0.2, 0.25) is 0 Å². The van der Waals surface area contributed by atoms with Gasteiger partial charge in [0.05, 0.1) is 18.6 Å². The zero-order valence-electron chi connectivity index (χ0n) is 10.5. The van der Waals surface area contributed by atoms with E-state index >= 15 is 0 Å². The van der Waals surface area contributed by atoms with E-state index in [4.69, 9.17) is 9.47 Å². The van der Waals surface area contributed by atoms with Crippen molar-refractivity contribution in [1.29, 1.82) is 0 Å². The lowest BCUT2D eigenvalue weighted by atomic mass is 9.76. The highest BCUT2D eigenvalue weighted by Gasteiger charge is 2.45. The summed E-state index contributed by atoms with van der Waals surface area (Å²) in [6, 6.07) is 0. The van der Waals surface area contributed by atoms with Crippen molar-refractivity contribution in [1.82, 2.24) is 0 Å². The number of carbonyl (C=O) groups is 1. The molecule has 0 spiro atoms. The summed E-state index contributed by atoms with van der Waals surface area (Å²) in [7, 11) is 0. The van der Waals surface area contributed by atoms with E-state index < -0.39 is 0 Å². The Bertz CT molecular complexity index is 261. The van der Waals surface area contributed by atoms with Crippen molar-refractivity contribution in [2.75, 3.05) is 13.2 Å². The van der Waals surface area contributed by atoms with Crippen molar-refractivity contribution < 1.29 is 14.3 Å². The molecule has 0 N–H and O–H groups in total. The lowest BCUT2D eigenvalue weighted by molar-refractivity contribution is -0.195. The predicted molar refractivity (Wildman–Crippen MR) is 63.1 cm³/mol. The maximum atomic E-state index is 11.6. The number of carbonyl (C=O) groups excluding carboxylic acids is 1. The third-order valence-corrected chi connectivity index (χ3v) is 3.31. The van der Waals surface area contributed by atoms with Crippen LogP contribution in [-0.2, 0) is 14.3 Å². The van der Waals surface area contributed by atoms with Crippen LogP contribution >= 0.6 is 0 Å². The molecule has 1 aliphatic rings. The maximum absolute atomic E-state index is 11.6. The van der Waals surface area contributed by atoms with Crippen LogP contribution in [0.5, 0.6) is 0 Å². The van der Waals surface area contributed by atoms with Crippen LogP contribution in [0.4, 0.5) is 0 Å². The standard InChI is InChI=1S/C13H22O3/c1-5-7-11(16-12(14)10(3)4)13(6-2)8-15-9-13/h11H,3,5-9H2,1-2,4H3. The first-order chi connectivity index (χ1) is 7.55. The van der Waals surface area contributed by atoms with Crippen molar-refractivity contribution in [3.05, 3.63) is 12.2 Å². The van der Waals surface area contributed by atoms with E-state index in [9.17, 15) is 4.79 Å². The Morgan fingerprint density at radius 1 is 1.50 bits per heavy atom. The molecule has 1 fully saturated rings. The molecule has 3 nitrogen and oxygen atoms in total. The topological polar surface area (TPSA) is 35.5 Å². The Balaban J connectivity index is 2.66. The highest BCUT2D eigenvalue weighted by Crippen LogP contribution is 2.39. The summed E-state index contributed by atoms with van der Waals surface area (Å²) < 4.78 is 10.8. The SMILES string of the molecule is C=C(C)C(=O)OC(CCC)C1(CC)COC1. The summed E-state index contributed by atoms with van der Waals surface area (Å²) in [5.41, 5.74) is 0.508. The minimum absolute atomic E-state index is 0.0274. The number of rotatable bonds is 6. The average molecular weight is 226 g/mol. The number of hydrogen-bond donors (Lipinski definition) is 0. The second kappa shape index (κ2) is 5.48. The molecule has 0 aliphatic carbocycles. The zero-order chi connectivity index (χ0) is 12.2. The Morgan fingerprint density at radius 3 is 2.44 bits per heavy atom. The molecular weight excluding hydrogens is 204 g/mol. The molecule has 1 heterocycles. The summed E-state index contributed by atoms with van der Waals surface area (Å²) in [6.07, 6.45) is 2.87. The van der Waals surface area contributed by atoms with Gasteiger partial charge >= 0.3 is 5.97 Å². The van der Waals surface area contributed by atoms with Crippen LogP contribution in [0.3, 0.4) is 0 Å². The van der Waals surface area contributed by atoms with Gasteiger partial charge in [0, 0.05) is 5.57 Å². The Morgan fingerprint density at radius 2 is 2.12 bits per heavy atom. The Labute approximate surface area is 97.8 Å². The van der Waals surface area contributed by atoms with Crippen molar-refractivity contribution in [3.8, 4) is 0 Å². The maximum Gasteiger partial charge on any atom is 0.333 e. The summed E-state index contributed by atoms with van der Waals surface area (Å²) in [4.78, 5) is 11.6. The average Bonchev–Trinajstić information content (AvgIpc) is 2.16. The molecule has 0 bridgehead atoms. The van der Waals surface area contributed by atoms with E-state index in [1.807, 2.05) is 0 Å². The first-order valence-electron chi connectivity index (χ1n) is 6.00. The molecule has 0 saturated carbocycles. The highest BCUT2D eigenvalue weighted by atomic mass is 16.6. The summed E-state index contributed by atoms with van der Waals surface area (Å²) in [6.45, 7) is 10.9. The van der Waals surface area contributed by atoms with E-state index in [2.05, 4.69) is 20.4 Å². The van der Waals surface area contributed by atoms with Crippen LogP contribution < -0.4 is 0 Å². The smallest absolute Gasteiger partial charge is 0.333 e. The van der Waals surface area contributed by atoms with E-state index in [0.29, 0.717) is 18.8 Å². The van der Waals surface area contributed by atoms with Crippen molar-refractivity contribution in [2.45, 2.75) is 46.1 Å². The largest absolute Gasteiger partial charge is 0.458 e. The number of hydrogen-bond acceptors (Lipinski definition) is 3. The molecule has 3 heteroatoms. The van der Waals surface area contributed by atoms with Gasteiger partial charge in [-0.15, -0.1) is 0 Å². The molecule has 1 rings (SSSR count). The molecule has 0 aromatic carbocycles. The predicted octanol–water partition coefficient (Wildman–Crippen LogP) is 2.70.